The number of aromatic carboxylic acids is 1. The predicted molar refractivity (Wildman–Crippen MR) is 74.0 cm³/mol. The van der Waals surface area contributed by atoms with Crippen molar-refractivity contribution in [2.75, 3.05) is 0 Å². The third kappa shape index (κ3) is 3.77. The quantitative estimate of drug-likeness (QED) is 0.875. The molecular weight excluding hydrogens is 240 g/mol. The van der Waals surface area contributed by atoms with Crippen LogP contribution in [-0.2, 0) is 6.54 Å². The van der Waals surface area contributed by atoms with Gasteiger partial charge < -0.3 is 10.4 Å². The lowest BCUT2D eigenvalue weighted by atomic mass is 9.80. The average Bonchev–Trinajstić information content (AvgIpc) is 2.38. The van der Waals surface area contributed by atoms with Crippen LogP contribution >= 0.6 is 0 Å². The summed E-state index contributed by atoms with van der Waals surface area (Å²) >= 11 is 0. The van der Waals surface area contributed by atoms with Crippen molar-refractivity contribution in [1.29, 1.82) is 0 Å². The minimum Gasteiger partial charge on any atom is -0.477 e. The highest BCUT2D eigenvalue weighted by molar-refractivity contribution is 5.85. The zero-order valence-corrected chi connectivity index (χ0v) is 11.6. The molecular formula is C15H22N2O2. The van der Waals surface area contributed by atoms with Crippen LogP contribution in [0.25, 0.3) is 0 Å². The van der Waals surface area contributed by atoms with Crippen molar-refractivity contribution >= 4 is 5.97 Å². The third-order valence-corrected chi connectivity index (χ3v) is 4.00. The maximum absolute atomic E-state index is 10.9. The Labute approximate surface area is 114 Å². The summed E-state index contributed by atoms with van der Waals surface area (Å²) in [5, 5.41) is 12.4. The second-order valence-electron chi connectivity index (χ2n) is 5.70. The lowest BCUT2D eigenvalue weighted by Crippen LogP contribution is -2.38. The Kier molecular flexibility index (Phi) is 4.53. The highest BCUT2D eigenvalue weighted by Crippen LogP contribution is 2.28. The molecule has 1 aromatic rings. The number of nitrogens with zero attached hydrogens (tertiary/aromatic N) is 1. The number of aromatic nitrogens is 1. The zero-order chi connectivity index (χ0) is 13.8. The Morgan fingerprint density at radius 1 is 1.42 bits per heavy atom. The molecule has 2 rings (SSSR count). The monoisotopic (exact) mass is 262 g/mol. The third-order valence-electron chi connectivity index (χ3n) is 4.00. The lowest BCUT2D eigenvalue weighted by molar-refractivity contribution is 0.0690. The van der Waals surface area contributed by atoms with Gasteiger partial charge in [0.25, 0.3) is 0 Å². The normalized spacial score (nSPS) is 27.2. The summed E-state index contributed by atoms with van der Waals surface area (Å²) in [4.78, 5) is 15.0. The van der Waals surface area contributed by atoms with E-state index in [0.29, 0.717) is 18.5 Å². The van der Waals surface area contributed by atoms with E-state index in [0.717, 1.165) is 11.6 Å². The van der Waals surface area contributed by atoms with Crippen molar-refractivity contribution < 1.29 is 9.90 Å². The van der Waals surface area contributed by atoms with Gasteiger partial charge >= 0.3 is 5.97 Å². The summed E-state index contributed by atoms with van der Waals surface area (Å²) in [6, 6.07) is 5.66. The molecule has 4 heteroatoms. The summed E-state index contributed by atoms with van der Waals surface area (Å²) in [5.41, 5.74) is 0.912. The molecule has 0 aliphatic heterocycles. The summed E-state index contributed by atoms with van der Waals surface area (Å²) in [7, 11) is 0. The summed E-state index contributed by atoms with van der Waals surface area (Å²) < 4.78 is 0. The molecule has 0 saturated heterocycles. The maximum Gasteiger partial charge on any atom is 0.354 e. The van der Waals surface area contributed by atoms with E-state index < -0.39 is 5.97 Å². The van der Waals surface area contributed by atoms with Crippen LogP contribution in [0.2, 0.25) is 0 Å². The van der Waals surface area contributed by atoms with Crippen LogP contribution < -0.4 is 5.32 Å². The first-order chi connectivity index (χ1) is 9.06. The number of carboxylic acids is 1. The number of nitrogens with one attached hydrogen (secondary N) is 1. The Morgan fingerprint density at radius 3 is 2.89 bits per heavy atom. The van der Waals surface area contributed by atoms with Crippen LogP contribution in [0.1, 0.15) is 49.3 Å². The van der Waals surface area contributed by atoms with E-state index in [1.807, 2.05) is 6.07 Å². The van der Waals surface area contributed by atoms with Crippen LogP contribution in [0, 0.1) is 11.8 Å². The summed E-state index contributed by atoms with van der Waals surface area (Å²) in [5.74, 6) is 0.523. The van der Waals surface area contributed by atoms with Gasteiger partial charge in [0, 0.05) is 12.6 Å². The SMILES string of the molecule is CC1CCC(NCc2cccc(C(=O)O)n2)C(C)C1. The largest absolute Gasteiger partial charge is 0.477 e. The second kappa shape index (κ2) is 6.15. The second-order valence-corrected chi connectivity index (χ2v) is 5.70. The molecule has 0 aromatic carbocycles. The van der Waals surface area contributed by atoms with E-state index in [2.05, 4.69) is 24.1 Å². The number of rotatable bonds is 4. The van der Waals surface area contributed by atoms with Crippen LogP contribution in [0.4, 0.5) is 0 Å². The lowest BCUT2D eigenvalue weighted by Gasteiger charge is -2.33. The molecule has 19 heavy (non-hydrogen) atoms. The Bertz CT molecular complexity index is 448. The number of hydrogen-bond acceptors (Lipinski definition) is 3. The van der Waals surface area contributed by atoms with Crippen molar-refractivity contribution in [3.8, 4) is 0 Å². The number of hydrogen-bond donors (Lipinski definition) is 2. The van der Waals surface area contributed by atoms with Crippen LogP contribution in [0.15, 0.2) is 18.2 Å². The Balaban J connectivity index is 1.91. The van der Waals surface area contributed by atoms with Gasteiger partial charge in [-0.1, -0.05) is 19.9 Å². The molecule has 3 atom stereocenters. The van der Waals surface area contributed by atoms with Crippen LogP contribution in [0.5, 0.6) is 0 Å². The average molecular weight is 262 g/mol. The fraction of sp³-hybridized carbons (Fsp3) is 0.600. The minimum absolute atomic E-state index is 0.115. The van der Waals surface area contributed by atoms with Gasteiger partial charge in [0.2, 0.25) is 0 Å². The molecule has 1 heterocycles. The van der Waals surface area contributed by atoms with Crippen LogP contribution in [-0.4, -0.2) is 22.1 Å². The molecule has 1 aliphatic rings. The number of carboxylic acid groups (broad SMARTS) is 1. The van der Waals surface area contributed by atoms with Crippen molar-refractivity contribution in [2.45, 2.75) is 45.7 Å². The first-order valence-electron chi connectivity index (χ1n) is 6.99. The number of carbonyl (C=O) groups is 1. The standard InChI is InChI=1S/C15H22N2O2/c1-10-6-7-13(11(2)8-10)16-9-12-4-3-5-14(17-12)15(18)19/h3-5,10-11,13,16H,6-9H2,1-2H3,(H,18,19). The molecule has 1 saturated carbocycles. The van der Waals surface area contributed by atoms with Gasteiger partial charge in [0.15, 0.2) is 0 Å². The predicted octanol–water partition coefficient (Wildman–Crippen LogP) is 2.69. The van der Waals surface area contributed by atoms with Gasteiger partial charge in [0.05, 0.1) is 5.69 Å². The highest BCUT2D eigenvalue weighted by atomic mass is 16.4. The molecule has 0 bridgehead atoms. The first-order valence-corrected chi connectivity index (χ1v) is 6.99. The van der Waals surface area contributed by atoms with Gasteiger partial charge in [-0.15, -0.1) is 0 Å². The summed E-state index contributed by atoms with van der Waals surface area (Å²) in [6.45, 7) is 5.24. The van der Waals surface area contributed by atoms with E-state index in [4.69, 9.17) is 5.11 Å². The van der Waals surface area contributed by atoms with Crippen molar-refractivity contribution in [3.63, 3.8) is 0 Å². The van der Waals surface area contributed by atoms with E-state index >= 15 is 0 Å². The fourth-order valence-electron chi connectivity index (χ4n) is 2.90. The topological polar surface area (TPSA) is 62.2 Å². The van der Waals surface area contributed by atoms with E-state index in [1.165, 1.54) is 25.3 Å². The van der Waals surface area contributed by atoms with Gasteiger partial charge in [-0.3, -0.25) is 0 Å². The molecule has 0 radical (unpaired) electrons. The van der Waals surface area contributed by atoms with E-state index in [1.54, 1.807) is 6.07 Å². The summed E-state index contributed by atoms with van der Waals surface area (Å²) in [6.07, 6.45) is 3.73. The van der Waals surface area contributed by atoms with Gasteiger partial charge in [0.1, 0.15) is 5.69 Å². The molecule has 4 nitrogen and oxygen atoms in total. The molecule has 2 N–H and O–H groups in total. The minimum atomic E-state index is -0.971. The Hall–Kier alpha value is -1.42. The van der Waals surface area contributed by atoms with Gasteiger partial charge in [-0.25, -0.2) is 9.78 Å². The molecule has 1 aromatic heterocycles. The van der Waals surface area contributed by atoms with Crippen molar-refractivity contribution in [1.82, 2.24) is 10.3 Å². The van der Waals surface area contributed by atoms with Gasteiger partial charge in [-0.2, -0.15) is 0 Å². The maximum atomic E-state index is 10.9. The van der Waals surface area contributed by atoms with Gasteiger partial charge in [-0.05, 0) is 43.2 Å². The molecule has 0 spiro atoms. The molecule has 1 fully saturated rings. The zero-order valence-electron chi connectivity index (χ0n) is 11.6. The number of pyridine rings is 1. The molecule has 0 amide bonds. The Morgan fingerprint density at radius 2 is 2.21 bits per heavy atom. The smallest absolute Gasteiger partial charge is 0.354 e. The van der Waals surface area contributed by atoms with Crippen molar-refractivity contribution in [2.24, 2.45) is 11.8 Å². The highest BCUT2D eigenvalue weighted by Gasteiger charge is 2.24. The molecule has 1 aliphatic carbocycles. The van der Waals surface area contributed by atoms with E-state index in [9.17, 15) is 4.79 Å². The van der Waals surface area contributed by atoms with Crippen LogP contribution in [0.3, 0.4) is 0 Å². The van der Waals surface area contributed by atoms with E-state index in [-0.39, 0.29) is 5.69 Å². The first kappa shape index (κ1) is 14.0. The molecule has 3 unspecified atom stereocenters. The molecule has 104 valence electrons. The fourth-order valence-corrected chi connectivity index (χ4v) is 2.90. The van der Waals surface area contributed by atoms with Crippen molar-refractivity contribution in [3.05, 3.63) is 29.6 Å².